The van der Waals surface area contributed by atoms with Crippen molar-refractivity contribution < 1.29 is 4.79 Å². The average Bonchev–Trinajstić information content (AvgIpc) is 3.10. The summed E-state index contributed by atoms with van der Waals surface area (Å²) in [5, 5.41) is 8.82. The Balaban J connectivity index is 1.90. The van der Waals surface area contributed by atoms with E-state index < -0.39 is 0 Å². The van der Waals surface area contributed by atoms with Crippen molar-refractivity contribution in [3.8, 4) is 5.69 Å². The topological polar surface area (TPSA) is 98.7 Å². The number of carbonyl (C=O) groups is 1. The van der Waals surface area contributed by atoms with Gasteiger partial charge in [-0.1, -0.05) is 12.1 Å². The van der Waals surface area contributed by atoms with Crippen LogP contribution in [0, 0.1) is 0 Å². The molecule has 0 unspecified atom stereocenters. The number of hydrogen-bond acceptors (Lipinski definition) is 6. The first-order valence-electron chi connectivity index (χ1n) is 5.70. The molecule has 8 heteroatoms. The first-order chi connectivity index (χ1) is 9.74. The molecular formula is C12H10N6OS. The van der Waals surface area contributed by atoms with Crippen LogP contribution in [0.3, 0.4) is 0 Å². The maximum Gasteiger partial charge on any atom is 0.275 e. The van der Waals surface area contributed by atoms with Crippen molar-refractivity contribution in [2.75, 3.05) is 11.1 Å². The number of para-hydroxylation sites is 2. The Morgan fingerprint density at radius 1 is 1.35 bits per heavy atom. The first kappa shape index (κ1) is 12.3. The molecule has 0 radical (unpaired) electrons. The van der Waals surface area contributed by atoms with Gasteiger partial charge in [0.05, 0.1) is 11.4 Å². The van der Waals surface area contributed by atoms with Crippen LogP contribution >= 0.6 is 11.3 Å². The largest absolute Gasteiger partial charge is 0.375 e. The molecule has 2 heterocycles. The zero-order valence-electron chi connectivity index (χ0n) is 10.2. The van der Waals surface area contributed by atoms with Crippen molar-refractivity contribution in [2.45, 2.75) is 0 Å². The van der Waals surface area contributed by atoms with E-state index in [1.165, 1.54) is 17.7 Å². The van der Waals surface area contributed by atoms with Gasteiger partial charge in [-0.05, 0) is 12.1 Å². The summed E-state index contributed by atoms with van der Waals surface area (Å²) in [5.74, 6) is -0.314. The highest BCUT2D eigenvalue weighted by Crippen LogP contribution is 2.20. The molecule has 3 aromatic rings. The normalized spacial score (nSPS) is 10.4. The number of nitrogen functional groups attached to an aromatic ring is 1. The maximum atomic E-state index is 12.1. The standard InChI is InChI=1S/C12H10N6OS/c13-12-17-9(5-20-12)11(19)16-8-3-1-2-4-10(8)18-7-14-6-15-18/h1-7H,(H2,13,17)(H,16,19). The number of aromatic nitrogens is 4. The quantitative estimate of drug-likeness (QED) is 0.761. The highest BCUT2D eigenvalue weighted by Gasteiger charge is 2.12. The molecule has 0 atom stereocenters. The Morgan fingerprint density at radius 3 is 2.90 bits per heavy atom. The Morgan fingerprint density at radius 2 is 2.20 bits per heavy atom. The summed E-state index contributed by atoms with van der Waals surface area (Å²) in [6.45, 7) is 0. The summed E-state index contributed by atoms with van der Waals surface area (Å²) in [4.78, 5) is 19.9. The minimum atomic E-state index is -0.314. The van der Waals surface area contributed by atoms with E-state index in [1.54, 1.807) is 22.5 Å². The third-order valence-electron chi connectivity index (χ3n) is 2.57. The number of nitrogens with two attached hydrogens (primary N) is 1. The van der Waals surface area contributed by atoms with Gasteiger partial charge in [-0.25, -0.2) is 14.6 Å². The molecule has 0 saturated heterocycles. The van der Waals surface area contributed by atoms with Gasteiger partial charge in [0.2, 0.25) is 0 Å². The number of nitrogens with zero attached hydrogens (tertiary/aromatic N) is 4. The zero-order chi connectivity index (χ0) is 13.9. The molecule has 0 aliphatic heterocycles. The molecule has 0 aliphatic carbocycles. The zero-order valence-corrected chi connectivity index (χ0v) is 11.0. The molecule has 3 rings (SSSR count). The van der Waals surface area contributed by atoms with Gasteiger partial charge in [0.25, 0.3) is 5.91 Å². The van der Waals surface area contributed by atoms with Crippen molar-refractivity contribution in [3.63, 3.8) is 0 Å². The van der Waals surface area contributed by atoms with Crippen LogP contribution in [-0.2, 0) is 0 Å². The summed E-state index contributed by atoms with van der Waals surface area (Å²) in [5.41, 5.74) is 7.16. The Hall–Kier alpha value is -2.74. The van der Waals surface area contributed by atoms with Gasteiger partial charge in [-0.2, -0.15) is 5.10 Å². The molecule has 0 bridgehead atoms. The van der Waals surface area contributed by atoms with Gasteiger partial charge in [0.15, 0.2) is 5.13 Å². The predicted octanol–water partition coefficient (Wildman–Crippen LogP) is 1.56. The van der Waals surface area contributed by atoms with Crippen molar-refractivity contribution in [3.05, 3.63) is 48.0 Å². The molecule has 100 valence electrons. The predicted molar refractivity (Wildman–Crippen MR) is 75.8 cm³/mol. The van der Waals surface area contributed by atoms with E-state index in [2.05, 4.69) is 20.4 Å². The fourth-order valence-electron chi connectivity index (χ4n) is 1.69. The third-order valence-corrected chi connectivity index (χ3v) is 3.25. The summed E-state index contributed by atoms with van der Waals surface area (Å²) in [6.07, 6.45) is 2.99. The minimum Gasteiger partial charge on any atom is -0.375 e. The van der Waals surface area contributed by atoms with E-state index in [0.717, 1.165) is 5.69 Å². The van der Waals surface area contributed by atoms with Crippen LogP contribution in [0.5, 0.6) is 0 Å². The number of anilines is 2. The molecule has 0 saturated carbocycles. The van der Waals surface area contributed by atoms with E-state index in [9.17, 15) is 4.79 Å². The van der Waals surface area contributed by atoms with Crippen LogP contribution in [0.15, 0.2) is 42.3 Å². The monoisotopic (exact) mass is 286 g/mol. The molecule has 7 nitrogen and oxygen atoms in total. The van der Waals surface area contributed by atoms with E-state index in [1.807, 2.05) is 18.2 Å². The van der Waals surface area contributed by atoms with Crippen LogP contribution in [0.25, 0.3) is 5.69 Å². The molecule has 0 spiro atoms. The van der Waals surface area contributed by atoms with E-state index in [4.69, 9.17) is 5.73 Å². The second kappa shape index (κ2) is 5.10. The number of carbonyl (C=O) groups excluding carboxylic acids is 1. The van der Waals surface area contributed by atoms with Crippen LogP contribution in [0.1, 0.15) is 10.5 Å². The van der Waals surface area contributed by atoms with Crippen LogP contribution in [0.4, 0.5) is 10.8 Å². The summed E-state index contributed by atoms with van der Waals surface area (Å²) in [6, 6.07) is 7.29. The fourth-order valence-corrected chi connectivity index (χ4v) is 2.23. The average molecular weight is 286 g/mol. The van der Waals surface area contributed by atoms with Crippen molar-refractivity contribution in [2.24, 2.45) is 0 Å². The first-order valence-corrected chi connectivity index (χ1v) is 6.58. The summed E-state index contributed by atoms with van der Waals surface area (Å²) in [7, 11) is 0. The van der Waals surface area contributed by atoms with Gasteiger partial charge < -0.3 is 11.1 Å². The molecule has 1 aromatic carbocycles. The smallest absolute Gasteiger partial charge is 0.275 e. The van der Waals surface area contributed by atoms with Crippen molar-refractivity contribution >= 4 is 28.1 Å². The van der Waals surface area contributed by atoms with Crippen LogP contribution in [0.2, 0.25) is 0 Å². The highest BCUT2D eigenvalue weighted by atomic mass is 32.1. The van der Waals surface area contributed by atoms with Gasteiger partial charge in [0.1, 0.15) is 18.3 Å². The van der Waals surface area contributed by atoms with E-state index >= 15 is 0 Å². The van der Waals surface area contributed by atoms with Crippen molar-refractivity contribution in [1.29, 1.82) is 0 Å². The fraction of sp³-hybridized carbons (Fsp3) is 0. The molecule has 3 N–H and O–H groups in total. The summed E-state index contributed by atoms with van der Waals surface area (Å²) >= 11 is 1.22. The molecule has 0 fully saturated rings. The number of thiazole rings is 1. The second-order valence-electron chi connectivity index (χ2n) is 3.88. The van der Waals surface area contributed by atoms with Gasteiger partial charge in [-0.15, -0.1) is 11.3 Å². The van der Waals surface area contributed by atoms with Gasteiger partial charge >= 0.3 is 0 Å². The lowest BCUT2D eigenvalue weighted by molar-refractivity contribution is 0.102. The lowest BCUT2D eigenvalue weighted by atomic mass is 10.2. The lowest BCUT2D eigenvalue weighted by Crippen LogP contribution is -2.14. The second-order valence-corrected chi connectivity index (χ2v) is 4.77. The van der Waals surface area contributed by atoms with Crippen LogP contribution in [-0.4, -0.2) is 25.7 Å². The lowest BCUT2D eigenvalue weighted by Gasteiger charge is -2.09. The number of amides is 1. The highest BCUT2D eigenvalue weighted by molar-refractivity contribution is 7.13. The molecular weight excluding hydrogens is 276 g/mol. The Bertz CT molecular complexity index is 736. The van der Waals surface area contributed by atoms with E-state index in [0.29, 0.717) is 16.5 Å². The summed E-state index contributed by atoms with van der Waals surface area (Å²) < 4.78 is 1.57. The number of benzene rings is 1. The molecule has 1 amide bonds. The Kier molecular flexibility index (Phi) is 3.13. The van der Waals surface area contributed by atoms with Crippen LogP contribution < -0.4 is 11.1 Å². The Labute approximate surface area is 118 Å². The van der Waals surface area contributed by atoms with E-state index in [-0.39, 0.29) is 5.91 Å². The molecule has 0 aliphatic rings. The maximum absolute atomic E-state index is 12.1. The number of nitrogens with one attached hydrogen (secondary N) is 1. The molecule has 2 aromatic heterocycles. The van der Waals surface area contributed by atoms with Crippen molar-refractivity contribution in [1.82, 2.24) is 19.7 Å². The van der Waals surface area contributed by atoms with Gasteiger partial charge in [-0.3, -0.25) is 4.79 Å². The number of hydrogen-bond donors (Lipinski definition) is 2. The third kappa shape index (κ3) is 2.36. The van der Waals surface area contributed by atoms with Gasteiger partial charge in [0, 0.05) is 5.38 Å². The number of rotatable bonds is 3. The molecule has 20 heavy (non-hydrogen) atoms. The SMILES string of the molecule is Nc1nc(C(=O)Nc2ccccc2-n2cncn2)cs1. The minimum absolute atomic E-state index is 0.292.